The van der Waals surface area contributed by atoms with Crippen LogP contribution in [-0.4, -0.2) is 17.7 Å². The average molecular weight is 471 g/mol. The Kier molecular flexibility index (Phi) is 4.48. The first-order valence-electron chi connectivity index (χ1n) is 12.2. The molecule has 4 aromatic carbocycles. The third-order valence-electron chi connectivity index (χ3n) is 7.85. The maximum atomic E-state index is 13.9. The Balaban J connectivity index is 1.27. The van der Waals surface area contributed by atoms with E-state index in [1.807, 2.05) is 30.3 Å². The van der Waals surface area contributed by atoms with Gasteiger partial charge in [-0.15, -0.1) is 0 Å². The maximum absolute atomic E-state index is 13.9. The highest BCUT2D eigenvalue weighted by Crippen LogP contribution is 2.61. The van der Waals surface area contributed by atoms with E-state index in [1.165, 1.54) is 4.90 Å². The van der Waals surface area contributed by atoms with Crippen LogP contribution in [0, 0.1) is 11.8 Å². The lowest BCUT2D eigenvalue weighted by atomic mass is 9.55. The molecule has 1 saturated heterocycles. The molecule has 174 valence electrons. The van der Waals surface area contributed by atoms with Crippen molar-refractivity contribution in [1.29, 1.82) is 0 Å². The molecule has 1 heterocycles. The van der Waals surface area contributed by atoms with Gasteiger partial charge in [-0.05, 0) is 52.6 Å². The highest BCUT2D eigenvalue weighted by molar-refractivity contribution is 6.23. The summed E-state index contributed by atoms with van der Waals surface area (Å²) in [7, 11) is 0. The molecule has 8 rings (SSSR count). The largest absolute Gasteiger partial charge is 0.322 e. The van der Waals surface area contributed by atoms with E-state index in [1.54, 1.807) is 48.5 Å². The SMILES string of the molecule is O=C(Nc1cccc(N2C(=O)[C@H]3C4c5ccccc5C(c5ccccc54)[C@@H]3C2=O)c1)c1ccccc1. The van der Waals surface area contributed by atoms with Crippen molar-refractivity contribution >= 4 is 29.1 Å². The molecule has 36 heavy (non-hydrogen) atoms. The Morgan fingerprint density at radius 2 is 1.11 bits per heavy atom. The molecule has 4 aliphatic rings. The Hall–Kier alpha value is -4.51. The van der Waals surface area contributed by atoms with E-state index in [9.17, 15) is 14.4 Å². The van der Waals surface area contributed by atoms with Gasteiger partial charge in [0.15, 0.2) is 0 Å². The number of carbonyl (C=O) groups is 3. The Morgan fingerprint density at radius 3 is 1.64 bits per heavy atom. The van der Waals surface area contributed by atoms with Crippen LogP contribution in [0.1, 0.15) is 44.4 Å². The summed E-state index contributed by atoms with van der Waals surface area (Å²) in [5, 5.41) is 2.88. The van der Waals surface area contributed by atoms with Crippen LogP contribution in [0.25, 0.3) is 0 Å². The standard InChI is InChI=1S/C31H22N2O3/c34-29(18-9-2-1-3-10-18)32-19-11-8-12-20(17-19)33-30(35)27-25-21-13-4-5-14-22(21)26(28(27)31(33)36)24-16-7-6-15-23(24)25/h1-17,25-28H,(H,32,34)/t25?,26?,27-,28-/m0/s1. The van der Waals surface area contributed by atoms with Gasteiger partial charge < -0.3 is 5.32 Å². The first-order chi connectivity index (χ1) is 17.6. The Bertz CT molecular complexity index is 1450. The zero-order valence-corrected chi connectivity index (χ0v) is 19.3. The molecule has 3 aliphatic carbocycles. The number of benzene rings is 4. The monoisotopic (exact) mass is 470 g/mol. The van der Waals surface area contributed by atoms with Crippen molar-refractivity contribution < 1.29 is 14.4 Å². The van der Waals surface area contributed by atoms with E-state index < -0.39 is 11.8 Å². The number of nitrogens with one attached hydrogen (secondary N) is 1. The van der Waals surface area contributed by atoms with Crippen LogP contribution < -0.4 is 10.2 Å². The number of rotatable bonds is 3. The molecule has 0 spiro atoms. The fraction of sp³-hybridized carbons (Fsp3) is 0.129. The van der Waals surface area contributed by atoms with Gasteiger partial charge in [-0.25, -0.2) is 4.90 Å². The summed E-state index contributed by atoms with van der Waals surface area (Å²) in [6.45, 7) is 0. The molecule has 0 aromatic heterocycles. The van der Waals surface area contributed by atoms with Gasteiger partial charge in [-0.3, -0.25) is 14.4 Å². The minimum Gasteiger partial charge on any atom is -0.322 e. The normalized spacial score (nSPS) is 23.2. The molecule has 2 atom stereocenters. The number of hydrogen-bond donors (Lipinski definition) is 1. The van der Waals surface area contributed by atoms with Crippen molar-refractivity contribution in [2.75, 3.05) is 10.2 Å². The van der Waals surface area contributed by atoms with Crippen molar-refractivity contribution in [3.8, 4) is 0 Å². The van der Waals surface area contributed by atoms with Gasteiger partial charge in [-0.1, -0.05) is 72.8 Å². The van der Waals surface area contributed by atoms with E-state index in [2.05, 4.69) is 29.6 Å². The smallest absolute Gasteiger partial charge is 0.255 e. The summed E-state index contributed by atoms with van der Waals surface area (Å²) in [6, 6.07) is 32.3. The number of nitrogens with zero attached hydrogens (tertiary/aromatic N) is 1. The van der Waals surface area contributed by atoms with Crippen molar-refractivity contribution in [3.05, 3.63) is 131 Å². The summed E-state index contributed by atoms with van der Waals surface area (Å²) >= 11 is 0. The lowest BCUT2D eigenvalue weighted by Crippen LogP contribution is -2.41. The molecule has 0 radical (unpaired) electrons. The van der Waals surface area contributed by atoms with Gasteiger partial charge in [0.25, 0.3) is 5.91 Å². The van der Waals surface area contributed by atoms with Crippen LogP contribution >= 0.6 is 0 Å². The number of amides is 3. The fourth-order valence-electron chi connectivity index (χ4n) is 6.45. The molecular formula is C31H22N2O3. The van der Waals surface area contributed by atoms with Gasteiger partial charge in [0.1, 0.15) is 0 Å². The van der Waals surface area contributed by atoms with Gasteiger partial charge in [0.05, 0.1) is 17.5 Å². The van der Waals surface area contributed by atoms with Crippen LogP contribution in [-0.2, 0) is 9.59 Å². The molecule has 2 bridgehead atoms. The zero-order valence-electron chi connectivity index (χ0n) is 19.3. The van der Waals surface area contributed by atoms with Gasteiger partial charge in [0.2, 0.25) is 11.8 Å². The lowest BCUT2D eigenvalue weighted by molar-refractivity contribution is -0.122. The molecule has 1 fully saturated rings. The molecule has 0 saturated carbocycles. The van der Waals surface area contributed by atoms with Crippen LogP contribution in [0.3, 0.4) is 0 Å². The number of hydrogen-bond acceptors (Lipinski definition) is 3. The third-order valence-corrected chi connectivity index (χ3v) is 7.85. The van der Waals surface area contributed by atoms with Gasteiger partial charge in [0, 0.05) is 23.1 Å². The summed E-state index contributed by atoms with van der Waals surface area (Å²) in [5.41, 5.74) is 6.14. The van der Waals surface area contributed by atoms with E-state index in [0.717, 1.165) is 22.3 Å². The summed E-state index contributed by atoms with van der Waals surface area (Å²) < 4.78 is 0. The molecule has 5 nitrogen and oxygen atoms in total. The van der Waals surface area contributed by atoms with E-state index in [-0.39, 0.29) is 29.6 Å². The Morgan fingerprint density at radius 1 is 0.611 bits per heavy atom. The fourth-order valence-corrected chi connectivity index (χ4v) is 6.45. The highest BCUT2D eigenvalue weighted by atomic mass is 16.2. The van der Waals surface area contributed by atoms with E-state index in [4.69, 9.17) is 0 Å². The third kappa shape index (κ3) is 2.86. The lowest BCUT2D eigenvalue weighted by Gasteiger charge is -2.45. The van der Waals surface area contributed by atoms with Gasteiger partial charge in [-0.2, -0.15) is 0 Å². The van der Waals surface area contributed by atoms with E-state index in [0.29, 0.717) is 16.9 Å². The second kappa shape index (κ2) is 7.75. The van der Waals surface area contributed by atoms with Crippen molar-refractivity contribution in [2.24, 2.45) is 11.8 Å². The minimum absolute atomic E-state index is 0.144. The molecule has 5 heteroatoms. The maximum Gasteiger partial charge on any atom is 0.255 e. The minimum atomic E-state index is -0.435. The predicted octanol–water partition coefficient (Wildman–Crippen LogP) is 5.34. The molecule has 3 amide bonds. The average Bonchev–Trinajstić information content (AvgIpc) is 3.19. The second-order valence-corrected chi connectivity index (χ2v) is 9.65. The van der Waals surface area contributed by atoms with Crippen molar-refractivity contribution in [1.82, 2.24) is 0 Å². The topological polar surface area (TPSA) is 66.5 Å². The van der Waals surface area contributed by atoms with Crippen molar-refractivity contribution in [2.45, 2.75) is 11.8 Å². The van der Waals surface area contributed by atoms with Crippen molar-refractivity contribution in [3.63, 3.8) is 0 Å². The highest BCUT2D eigenvalue weighted by Gasteiger charge is 2.61. The molecule has 1 N–H and O–H groups in total. The molecule has 0 unspecified atom stereocenters. The second-order valence-electron chi connectivity index (χ2n) is 9.65. The summed E-state index contributed by atoms with van der Waals surface area (Å²) in [6.07, 6.45) is 0. The molecule has 4 aromatic rings. The first-order valence-corrected chi connectivity index (χ1v) is 12.2. The van der Waals surface area contributed by atoms with Crippen LogP contribution in [0.5, 0.6) is 0 Å². The van der Waals surface area contributed by atoms with Crippen LogP contribution in [0.4, 0.5) is 11.4 Å². The van der Waals surface area contributed by atoms with Crippen LogP contribution in [0.15, 0.2) is 103 Å². The number of anilines is 2. The predicted molar refractivity (Wildman–Crippen MR) is 137 cm³/mol. The number of carbonyl (C=O) groups excluding carboxylic acids is 3. The molecule has 1 aliphatic heterocycles. The number of imide groups is 1. The quantitative estimate of drug-likeness (QED) is 0.411. The van der Waals surface area contributed by atoms with Crippen LogP contribution in [0.2, 0.25) is 0 Å². The summed E-state index contributed by atoms with van der Waals surface area (Å²) in [5.74, 6) is -1.75. The van der Waals surface area contributed by atoms with E-state index >= 15 is 0 Å². The molecular weight excluding hydrogens is 448 g/mol. The first kappa shape index (κ1) is 20.8. The zero-order chi connectivity index (χ0) is 24.4. The van der Waals surface area contributed by atoms with Gasteiger partial charge >= 0.3 is 0 Å². The summed E-state index contributed by atoms with van der Waals surface area (Å²) in [4.78, 5) is 41.9. The Labute approximate surface area is 208 Å².